The zero-order valence-electron chi connectivity index (χ0n) is 14.7. The summed E-state index contributed by atoms with van der Waals surface area (Å²) >= 11 is 0. The van der Waals surface area contributed by atoms with Crippen molar-refractivity contribution in [3.63, 3.8) is 0 Å². The maximum absolute atomic E-state index is 13.0. The van der Waals surface area contributed by atoms with Gasteiger partial charge in [-0.05, 0) is 29.8 Å². The van der Waals surface area contributed by atoms with Crippen LogP contribution in [0.5, 0.6) is 11.5 Å². The van der Waals surface area contributed by atoms with E-state index in [-0.39, 0.29) is 12.4 Å². The van der Waals surface area contributed by atoms with Crippen LogP contribution < -0.4 is 14.8 Å². The first-order valence-corrected chi connectivity index (χ1v) is 8.35. The molecule has 2 aromatic rings. The molecule has 0 bridgehead atoms. The molecule has 3 rings (SSSR count). The van der Waals surface area contributed by atoms with Crippen LogP contribution in [0.3, 0.4) is 0 Å². The van der Waals surface area contributed by atoms with Crippen LogP contribution in [0, 0.1) is 0 Å². The van der Waals surface area contributed by atoms with Crippen LogP contribution in [0.4, 0.5) is 14.5 Å². The number of rotatable bonds is 6. The zero-order chi connectivity index (χ0) is 19.6. The Morgan fingerprint density at radius 3 is 2.70 bits per heavy atom. The molecule has 1 aliphatic heterocycles. The maximum Gasteiger partial charge on any atom is 0.394 e. The first kappa shape index (κ1) is 18.8. The van der Waals surface area contributed by atoms with Gasteiger partial charge in [0.15, 0.2) is 0 Å². The molecule has 1 aliphatic rings. The Labute approximate surface area is 155 Å². The lowest BCUT2D eigenvalue weighted by molar-refractivity contribution is -0.158. The molecule has 2 N–H and O–H groups in total. The Morgan fingerprint density at radius 1 is 1.41 bits per heavy atom. The summed E-state index contributed by atoms with van der Waals surface area (Å²) in [7, 11) is 0. The molecule has 0 saturated heterocycles. The second kappa shape index (κ2) is 7.36. The number of halogens is 2. The van der Waals surface area contributed by atoms with E-state index in [0.717, 1.165) is 11.6 Å². The van der Waals surface area contributed by atoms with Crippen molar-refractivity contribution in [3.05, 3.63) is 54.1 Å². The van der Waals surface area contributed by atoms with Crippen LogP contribution in [-0.4, -0.2) is 23.7 Å². The predicted octanol–water partition coefficient (Wildman–Crippen LogP) is 3.90. The standard InChI is InChI=1S/C20H19F2NO4/c1-3-18(25)23-17-10-15(19-14(8-9-26-19)16(17)11-24)12-4-6-13(7-5-12)27-20(2,21)22/h3-7,10,24H,1,8-9,11H2,2H3,(H,23,25). The second-order valence-electron chi connectivity index (χ2n) is 6.14. The van der Waals surface area contributed by atoms with E-state index in [4.69, 9.17) is 4.74 Å². The highest BCUT2D eigenvalue weighted by molar-refractivity contribution is 6.00. The number of hydrogen-bond donors (Lipinski definition) is 2. The molecule has 0 aromatic heterocycles. The number of anilines is 1. The molecule has 0 atom stereocenters. The first-order valence-electron chi connectivity index (χ1n) is 8.35. The quantitative estimate of drug-likeness (QED) is 0.752. The fourth-order valence-corrected chi connectivity index (χ4v) is 3.04. The number of aliphatic hydroxyl groups is 1. The lowest BCUT2D eigenvalue weighted by Crippen LogP contribution is -2.18. The third-order valence-electron chi connectivity index (χ3n) is 4.16. The summed E-state index contributed by atoms with van der Waals surface area (Å²) in [6, 6.07) is 7.85. The van der Waals surface area contributed by atoms with Gasteiger partial charge < -0.3 is 19.9 Å². The van der Waals surface area contributed by atoms with Crippen molar-refractivity contribution in [2.45, 2.75) is 26.1 Å². The number of ether oxygens (including phenoxy) is 2. The molecule has 0 aliphatic carbocycles. The van der Waals surface area contributed by atoms with Gasteiger partial charge in [-0.1, -0.05) is 18.7 Å². The molecule has 0 unspecified atom stereocenters. The number of fused-ring (bicyclic) bond motifs is 1. The Kier molecular flexibility index (Phi) is 5.14. The summed E-state index contributed by atoms with van der Waals surface area (Å²) in [6.07, 6.45) is -1.53. The van der Waals surface area contributed by atoms with Crippen molar-refractivity contribution >= 4 is 11.6 Å². The number of carbonyl (C=O) groups excluding carboxylic acids is 1. The van der Waals surface area contributed by atoms with E-state index in [0.29, 0.717) is 48.1 Å². The molecule has 0 spiro atoms. The summed E-state index contributed by atoms with van der Waals surface area (Å²) in [5.41, 5.74) is 3.26. The number of hydrogen-bond acceptors (Lipinski definition) is 4. The molecular weight excluding hydrogens is 356 g/mol. The van der Waals surface area contributed by atoms with Crippen LogP contribution in [0.1, 0.15) is 18.1 Å². The Balaban J connectivity index is 2.04. The minimum atomic E-state index is -3.27. The van der Waals surface area contributed by atoms with Crippen molar-refractivity contribution < 1.29 is 28.2 Å². The largest absolute Gasteiger partial charge is 0.492 e. The first-order chi connectivity index (χ1) is 12.8. The van der Waals surface area contributed by atoms with Crippen molar-refractivity contribution in [2.24, 2.45) is 0 Å². The average Bonchev–Trinajstić information content (AvgIpc) is 3.10. The van der Waals surface area contributed by atoms with Crippen LogP contribution in [0.15, 0.2) is 43.0 Å². The van der Waals surface area contributed by atoms with E-state index >= 15 is 0 Å². The molecule has 2 aromatic carbocycles. The van der Waals surface area contributed by atoms with Gasteiger partial charge in [0.25, 0.3) is 0 Å². The van der Waals surface area contributed by atoms with Crippen molar-refractivity contribution in [3.8, 4) is 22.6 Å². The third-order valence-corrected chi connectivity index (χ3v) is 4.16. The Hall–Kier alpha value is -2.93. The van der Waals surface area contributed by atoms with Crippen molar-refractivity contribution in [2.75, 3.05) is 11.9 Å². The summed E-state index contributed by atoms with van der Waals surface area (Å²) in [6.45, 7) is 4.30. The number of amides is 1. The number of alkyl halides is 2. The predicted molar refractivity (Wildman–Crippen MR) is 97.1 cm³/mol. The molecule has 5 nitrogen and oxygen atoms in total. The highest BCUT2D eigenvalue weighted by Gasteiger charge is 2.25. The lowest BCUT2D eigenvalue weighted by atomic mass is 9.95. The fourth-order valence-electron chi connectivity index (χ4n) is 3.04. The van der Waals surface area contributed by atoms with E-state index in [9.17, 15) is 18.7 Å². The number of nitrogens with one attached hydrogen (secondary N) is 1. The number of benzene rings is 2. The topological polar surface area (TPSA) is 67.8 Å². The monoisotopic (exact) mass is 375 g/mol. The molecule has 1 heterocycles. The summed E-state index contributed by atoms with van der Waals surface area (Å²) < 4.78 is 36.3. The molecule has 0 radical (unpaired) electrons. The molecule has 1 amide bonds. The fraction of sp³-hybridized carbons (Fsp3) is 0.250. The molecule has 7 heteroatoms. The van der Waals surface area contributed by atoms with Gasteiger partial charge in [-0.2, -0.15) is 8.78 Å². The van der Waals surface area contributed by atoms with Gasteiger partial charge in [0.05, 0.1) is 13.2 Å². The molecule has 27 heavy (non-hydrogen) atoms. The SMILES string of the molecule is C=CC(=O)Nc1cc(-c2ccc(OC(C)(F)F)cc2)c2c(c1CO)CCO2. The summed E-state index contributed by atoms with van der Waals surface area (Å²) in [5, 5.41) is 12.5. The van der Waals surface area contributed by atoms with E-state index in [1.54, 1.807) is 18.2 Å². The van der Waals surface area contributed by atoms with E-state index < -0.39 is 12.0 Å². The second-order valence-corrected chi connectivity index (χ2v) is 6.14. The highest BCUT2D eigenvalue weighted by Crippen LogP contribution is 2.43. The van der Waals surface area contributed by atoms with Crippen LogP contribution >= 0.6 is 0 Å². The number of aliphatic hydroxyl groups excluding tert-OH is 1. The van der Waals surface area contributed by atoms with Gasteiger partial charge in [-0.25, -0.2) is 0 Å². The van der Waals surface area contributed by atoms with E-state index in [1.165, 1.54) is 12.1 Å². The highest BCUT2D eigenvalue weighted by atomic mass is 19.3. The minimum absolute atomic E-state index is 0.0379. The van der Waals surface area contributed by atoms with Gasteiger partial charge in [-0.3, -0.25) is 4.79 Å². The minimum Gasteiger partial charge on any atom is -0.492 e. The third kappa shape index (κ3) is 4.09. The molecule has 0 saturated carbocycles. The van der Waals surface area contributed by atoms with Gasteiger partial charge in [0.1, 0.15) is 11.5 Å². The van der Waals surface area contributed by atoms with Gasteiger partial charge in [-0.15, -0.1) is 0 Å². The van der Waals surface area contributed by atoms with Gasteiger partial charge in [0.2, 0.25) is 5.91 Å². The Morgan fingerprint density at radius 2 is 2.11 bits per heavy atom. The Bertz CT molecular complexity index is 873. The van der Waals surface area contributed by atoms with Crippen LogP contribution in [-0.2, 0) is 17.8 Å². The van der Waals surface area contributed by atoms with Gasteiger partial charge in [0, 0.05) is 35.7 Å². The lowest BCUT2D eigenvalue weighted by Gasteiger charge is -2.17. The van der Waals surface area contributed by atoms with E-state index in [1.807, 2.05) is 0 Å². The van der Waals surface area contributed by atoms with Crippen molar-refractivity contribution in [1.82, 2.24) is 0 Å². The van der Waals surface area contributed by atoms with Crippen LogP contribution in [0.2, 0.25) is 0 Å². The normalized spacial score (nSPS) is 12.9. The van der Waals surface area contributed by atoms with Gasteiger partial charge >= 0.3 is 6.11 Å². The van der Waals surface area contributed by atoms with Crippen LogP contribution in [0.25, 0.3) is 11.1 Å². The molecule has 0 fully saturated rings. The number of carbonyl (C=O) groups is 1. The average molecular weight is 375 g/mol. The molecular formula is C20H19F2NO4. The summed E-state index contributed by atoms with van der Waals surface area (Å²) in [4.78, 5) is 11.7. The van der Waals surface area contributed by atoms with E-state index in [2.05, 4.69) is 16.6 Å². The molecule has 142 valence electrons. The summed E-state index contributed by atoms with van der Waals surface area (Å²) in [5.74, 6) is 0.254. The smallest absolute Gasteiger partial charge is 0.394 e. The zero-order valence-corrected chi connectivity index (χ0v) is 14.7. The maximum atomic E-state index is 13.0. The van der Waals surface area contributed by atoms with Crippen molar-refractivity contribution in [1.29, 1.82) is 0 Å².